The van der Waals surface area contributed by atoms with Crippen LogP contribution < -0.4 is 5.56 Å². The predicted octanol–water partition coefficient (Wildman–Crippen LogP) is 5.95. The Hall–Kier alpha value is -2.97. The first-order valence-electron chi connectivity index (χ1n) is 9.10. The van der Waals surface area contributed by atoms with Gasteiger partial charge in [0, 0.05) is 14.0 Å². The van der Waals surface area contributed by atoms with Crippen molar-refractivity contribution in [3.63, 3.8) is 0 Å². The summed E-state index contributed by atoms with van der Waals surface area (Å²) in [6, 6.07) is 22.2. The number of fused-ring (bicyclic) bond motifs is 2. The number of benzene rings is 3. The van der Waals surface area contributed by atoms with Gasteiger partial charge in [-0.3, -0.25) is 4.79 Å². The minimum Gasteiger partial charge on any atom is -0.453 e. The molecule has 0 aliphatic rings. The average molecular weight is 526 g/mol. The minimum atomic E-state index is -0.268. The van der Waals surface area contributed by atoms with Crippen molar-refractivity contribution in [3.05, 3.63) is 97.3 Å². The highest BCUT2D eigenvalue weighted by molar-refractivity contribution is 14.1. The van der Waals surface area contributed by atoms with Crippen LogP contribution in [0.5, 0.6) is 0 Å². The maximum Gasteiger partial charge on any atom is 0.282 e. The molecule has 0 saturated carbocycles. The van der Waals surface area contributed by atoms with Crippen LogP contribution in [-0.4, -0.2) is 15.9 Å². The highest BCUT2D eigenvalue weighted by Crippen LogP contribution is 2.29. The van der Waals surface area contributed by atoms with Crippen LogP contribution in [-0.2, 0) is 0 Å². The van der Waals surface area contributed by atoms with E-state index in [1.165, 1.54) is 4.68 Å². The van der Waals surface area contributed by atoms with Gasteiger partial charge in [0.25, 0.3) is 5.56 Å². The molecule has 2 aromatic heterocycles. The Balaban J connectivity index is 1.73. The van der Waals surface area contributed by atoms with Crippen molar-refractivity contribution in [3.8, 4) is 11.6 Å². The molecule has 5 nitrogen and oxygen atoms in total. The van der Waals surface area contributed by atoms with Gasteiger partial charge in [-0.25, -0.2) is 4.98 Å². The van der Waals surface area contributed by atoms with Gasteiger partial charge in [0.1, 0.15) is 5.58 Å². The first-order valence-corrected chi connectivity index (χ1v) is 10.6. The van der Waals surface area contributed by atoms with E-state index in [2.05, 4.69) is 32.7 Å². The predicted molar refractivity (Wildman–Crippen MR) is 128 cm³/mol. The van der Waals surface area contributed by atoms with Gasteiger partial charge in [-0.05, 0) is 76.7 Å². The fourth-order valence-corrected chi connectivity index (χ4v) is 3.73. The second-order valence-electron chi connectivity index (χ2n) is 6.66. The largest absolute Gasteiger partial charge is 0.453 e. The summed E-state index contributed by atoms with van der Waals surface area (Å²) in [7, 11) is 0. The lowest BCUT2D eigenvalue weighted by atomic mass is 10.2. The quantitative estimate of drug-likeness (QED) is 0.216. The van der Waals surface area contributed by atoms with Crippen molar-refractivity contribution >= 4 is 62.3 Å². The lowest BCUT2D eigenvalue weighted by molar-refractivity contribution is 0.616. The van der Waals surface area contributed by atoms with Gasteiger partial charge in [0.15, 0.2) is 5.76 Å². The van der Waals surface area contributed by atoms with Gasteiger partial charge < -0.3 is 4.42 Å². The van der Waals surface area contributed by atoms with Crippen LogP contribution in [0.4, 0.5) is 0 Å². The van der Waals surface area contributed by atoms with Gasteiger partial charge in [0.05, 0.1) is 17.1 Å². The number of halogens is 2. The van der Waals surface area contributed by atoms with Crippen LogP contribution in [0, 0.1) is 3.57 Å². The van der Waals surface area contributed by atoms with E-state index in [0.29, 0.717) is 33.1 Å². The molecule has 0 unspecified atom stereocenters. The summed E-state index contributed by atoms with van der Waals surface area (Å²) in [6.07, 6.45) is 1.64. The third kappa shape index (κ3) is 3.53. The Bertz CT molecular complexity index is 1490. The Labute approximate surface area is 189 Å². The summed E-state index contributed by atoms with van der Waals surface area (Å²) >= 11 is 8.34. The molecule has 5 rings (SSSR count). The highest BCUT2D eigenvalue weighted by atomic mass is 127. The summed E-state index contributed by atoms with van der Waals surface area (Å²) < 4.78 is 8.36. The second-order valence-corrected chi connectivity index (χ2v) is 8.34. The first-order chi connectivity index (χ1) is 14.6. The van der Waals surface area contributed by atoms with Crippen molar-refractivity contribution in [2.24, 2.45) is 5.10 Å². The van der Waals surface area contributed by atoms with Crippen molar-refractivity contribution in [1.82, 2.24) is 9.66 Å². The number of furan rings is 1. The Morgan fingerprint density at radius 3 is 2.67 bits per heavy atom. The van der Waals surface area contributed by atoms with Crippen LogP contribution in [0.1, 0.15) is 5.56 Å². The molecule has 0 saturated heterocycles. The third-order valence-electron chi connectivity index (χ3n) is 4.64. The molecule has 0 fully saturated rings. The molecule has 5 aromatic rings. The van der Waals surface area contributed by atoms with Crippen LogP contribution >= 0.6 is 34.2 Å². The number of nitrogens with zero attached hydrogens (tertiary/aromatic N) is 3. The van der Waals surface area contributed by atoms with E-state index in [1.807, 2.05) is 48.5 Å². The van der Waals surface area contributed by atoms with Gasteiger partial charge in [-0.2, -0.15) is 9.78 Å². The summed E-state index contributed by atoms with van der Waals surface area (Å²) in [4.78, 5) is 17.9. The molecular weight excluding hydrogens is 513 g/mol. The fourth-order valence-electron chi connectivity index (χ4n) is 3.19. The van der Waals surface area contributed by atoms with Gasteiger partial charge in [-0.1, -0.05) is 35.9 Å². The van der Waals surface area contributed by atoms with Crippen molar-refractivity contribution in [2.75, 3.05) is 0 Å². The Morgan fingerprint density at radius 1 is 1.03 bits per heavy atom. The van der Waals surface area contributed by atoms with E-state index < -0.39 is 0 Å². The van der Waals surface area contributed by atoms with Crippen LogP contribution in [0.15, 0.2) is 87.1 Å². The number of para-hydroxylation sites is 1. The van der Waals surface area contributed by atoms with Crippen molar-refractivity contribution in [2.45, 2.75) is 0 Å². The lowest BCUT2D eigenvalue weighted by Crippen LogP contribution is -2.20. The number of hydrogen-bond donors (Lipinski definition) is 0. The molecule has 0 bridgehead atoms. The monoisotopic (exact) mass is 525 g/mol. The zero-order valence-corrected chi connectivity index (χ0v) is 18.3. The fraction of sp³-hybridized carbons (Fsp3) is 0. The molecule has 7 heteroatoms. The van der Waals surface area contributed by atoms with E-state index in [1.54, 1.807) is 30.5 Å². The molecule has 0 amide bonds. The van der Waals surface area contributed by atoms with E-state index in [4.69, 9.17) is 16.0 Å². The van der Waals surface area contributed by atoms with Crippen LogP contribution in [0.25, 0.3) is 33.5 Å². The summed E-state index contributed by atoms with van der Waals surface area (Å²) in [5.74, 6) is 0.766. The van der Waals surface area contributed by atoms with Crippen LogP contribution in [0.3, 0.4) is 0 Å². The molecular formula is C23H13ClIN3O2. The van der Waals surface area contributed by atoms with Gasteiger partial charge in [0.2, 0.25) is 5.82 Å². The van der Waals surface area contributed by atoms with E-state index in [-0.39, 0.29) is 5.56 Å². The summed E-state index contributed by atoms with van der Waals surface area (Å²) in [5.41, 5.74) is 1.84. The zero-order valence-electron chi connectivity index (χ0n) is 15.4. The zero-order chi connectivity index (χ0) is 20.7. The van der Waals surface area contributed by atoms with Gasteiger partial charge in [-0.15, -0.1) is 0 Å². The van der Waals surface area contributed by atoms with Crippen molar-refractivity contribution in [1.29, 1.82) is 0 Å². The number of aromatic nitrogens is 2. The van der Waals surface area contributed by atoms with E-state index in [0.717, 1.165) is 14.5 Å². The van der Waals surface area contributed by atoms with Gasteiger partial charge >= 0.3 is 0 Å². The lowest BCUT2D eigenvalue weighted by Gasteiger charge is -2.07. The standard InChI is InChI=1S/C23H13ClIN3O2/c24-16-7-10-20-15(11-16)12-21(30-20)22-27-19-4-2-1-3-18(19)23(29)28(22)26-13-14-5-8-17(25)9-6-14/h1-13H. The normalized spacial score (nSPS) is 11.7. The third-order valence-corrected chi connectivity index (χ3v) is 5.60. The molecule has 0 radical (unpaired) electrons. The maximum atomic E-state index is 13.2. The average Bonchev–Trinajstić information content (AvgIpc) is 3.17. The maximum absolute atomic E-state index is 13.2. The number of hydrogen-bond acceptors (Lipinski definition) is 4. The number of rotatable bonds is 3. The molecule has 30 heavy (non-hydrogen) atoms. The van der Waals surface area contributed by atoms with Crippen LogP contribution in [0.2, 0.25) is 5.02 Å². The molecule has 0 N–H and O–H groups in total. The molecule has 146 valence electrons. The molecule has 3 aromatic carbocycles. The van der Waals surface area contributed by atoms with E-state index in [9.17, 15) is 4.79 Å². The summed E-state index contributed by atoms with van der Waals surface area (Å²) in [6.45, 7) is 0. The molecule has 0 aliphatic heterocycles. The molecule has 0 spiro atoms. The second kappa shape index (κ2) is 7.70. The van der Waals surface area contributed by atoms with E-state index >= 15 is 0 Å². The first kappa shape index (κ1) is 19.0. The molecule has 0 aliphatic carbocycles. The Morgan fingerprint density at radius 2 is 1.83 bits per heavy atom. The topological polar surface area (TPSA) is 60.4 Å². The molecule has 0 atom stereocenters. The summed E-state index contributed by atoms with van der Waals surface area (Å²) in [5, 5.41) is 6.37. The highest BCUT2D eigenvalue weighted by Gasteiger charge is 2.16. The Kier molecular flexibility index (Phi) is 4.88. The SMILES string of the molecule is O=c1c2ccccc2nc(-c2cc3cc(Cl)ccc3o2)n1N=Cc1ccc(I)cc1. The molecule has 2 heterocycles. The van der Waals surface area contributed by atoms with Crippen molar-refractivity contribution < 1.29 is 4.42 Å². The minimum absolute atomic E-state index is 0.268. The smallest absolute Gasteiger partial charge is 0.282 e.